The summed E-state index contributed by atoms with van der Waals surface area (Å²) >= 11 is 0. The molecule has 8 aliphatic rings. The van der Waals surface area contributed by atoms with E-state index in [1.807, 2.05) is 277 Å². The van der Waals surface area contributed by atoms with Crippen LogP contribution in [0.15, 0.2) is 206 Å². The van der Waals surface area contributed by atoms with E-state index in [0.29, 0.717) is 0 Å². The van der Waals surface area contributed by atoms with E-state index in [1.54, 1.807) is 0 Å². The molecule has 4 heteroatoms. The van der Waals surface area contributed by atoms with Gasteiger partial charge in [0.25, 0.3) is 0 Å². The maximum atomic E-state index is 3.37. The van der Waals surface area contributed by atoms with E-state index in [0.717, 1.165) is 51.4 Å². The van der Waals surface area contributed by atoms with Crippen molar-refractivity contribution in [1.82, 2.24) is 4.57 Å². The van der Waals surface area contributed by atoms with Gasteiger partial charge >= 0.3 is 0 Å². The molecule has 0 fully saturated rings. The van der Waals surface area contributed by atoms with E-state index >= 15 is 0 Å². The van der Waals surface area contributed by atoms with Gasteiger partial charge in [0.15, 0.2) is 0 Å². The fourth-order valence-corrected chi connectivity index (χ4v) is 15.1. The van der Waals surface area contributed by atoms with Crippen LogP contribution in [0.1, 0.15) is 366 Å². The summed E-state index contributed by atoms with van der Waals surface area (Å²) in [5.74, 6) is 0. The predicted molar refractivity (Wildman–Crippen MR) is 564 cm³/mol. The maximum absolute atomic E-state index is 3.37. The summed E-state index contributed by atoms with van der Waals surface area (Å²) in [5, 5.41) is 2.67. The summed E-state index contributed by atoms with van der Waals surface area (Å²) in [6, 6.07) is 99.6. The molecular formula is C120H170N4. The predicted octanol–water partition coefficient (Wildman–Crippen LogP) is 38.4. The van der Waals surface area contributed by atoms with Crippen molar-refractivity contribution in [1.29, 1.82) is 0 Å². The monoisotopic (exact) mass is 1670 g/mol. The van der Waals surface area contributed by atoms with Crippen LogP contribution in [0.2, 0.25) is 0 Å². The summed E-state index contributed by atoms with van der Waals surface area (Å²) in [4.78, 5) is 7.33. The van der Waals surface area contributed by atoms with Gasteiger partial charge in [-0.25, -0.2) is 0 Å². The second kappa shape index (κ2) is 69.5. The summed E-state index contributed by atoms with van der Waals surface area (Å²) in [6.45, 7) is 80.0. The van der Waals surface area contributed by atoms with Crippen LogP contribution >= 0.6 is 0 Å². The largest absolute Gasteiger partial charge is 0.309 e. The normalized spacial score (nSPS) is 10.3. The number of fused-ring (bicyclic) bond motifs is 13. The van der Waals surface area contributed by atoms with Crippen molar-refractivity contribution in [2.24, 2.45) is 0 Å². The molecule has 670 valence electrons. The van der Waals surface area contributed by atoms with Gasteiger partial charge in [-0.15, -0.1) is 0 Å². The minimum Gasteiger partial charge on any atom is -0.309 e. The number of anilines is 9. The summed E-state index contributed by atoms with van der Waals surface area (Å²) < 4.78 is 2.38. The van der Waals surface area contributed by atoms with Crippen molar-refractivity contribution in [3.8, 4) is 5.69 Å². The van der Waals surface area contributed by atoms with Crippen LogP contribution in [0.3, 0.4) is 0 Å². The summed E-state index contributed by atoms with van der Waals surface area (Å²) in [6.07, 6.45) is 7.99. The number of aromatic nitrogens is 1. The minimum absolute atomic E-state index is 0.953. The highest BCUT2D eigenvalue weighted by molar-refractivity contribution is 6.11. The molecule has 0 bridgehead atoms. The molecular weight excluding hydrogens is 1500 g/mol. The average Bonchev–Trinajstić information content (AvgIpc) is 1.47. The van der Waals surface area contributed by atoms with Crippen molar-refractivity contribution in [3.05, 3.63) is 344 Å². The Labute approximate surface area is 765 Å². The standard InChI is InChI=1S/C21H13N.2C20H13N.C19H11N.20C2H6/c1-4-13-10-15-6-2-8-17-12-18-9-3-7-16-11-14(5-1)19(13)22(20(15)17)21(16)18;2*1-3-10-18-14(6-1)12-16-8-5-9-17-13-15-7-2-4-11-19(15)21(18)20(16)17;1-3-10-17-13(6-1)12-14-7-5-9-16-15-8-2-4-11-18(15)20(17)19(14)16;20*1-2/h1-2,4-8H,10-12H2;1,3,5-11H,12-13H2;1-4,6-8,10-11H,12-13H2;2,4-11H,12H2;20*1-2H3. The SMILES string of the molecule is CC.CC.CC.CC.CC.CC.CC.CC.CC.CC.CC.CC.CC.CC.CC.CC.CC.CC.CC.CC.c1cc2c(cc#1)-n1c3ccccc3c3cccc(c31)C2.c1cc2c(cc#1)N1c3ccccc3Cc3cccc(c31)C2.c1cc2c3c(c#1)Cc1cccc4c1N3c1c(cccc1C4)C2.c1cc2c3c(c#1)Cc1ccccc1N3c1ccccc1C2. The maximum Gasteiger partial charge on any atom is 0.0622 e. The van der Waals surface area contributed by atoms with Crippen molar-refractivity contribution < 1.29 is 0 Å². The lowest BCUT2D eigenvalue weighted by Gasteiger charge is -2.43. The first-order valence-electron chi connectivity index (χ1n) is 49.3. The highest BCUT2D eigenvalue weighted by atomic mass is 15.2. The van der Waals surface area contributed by atoms with Crippen molar-refractivity contribution in [2.45, 2.75) is 328 Å². The van der Waals surface area contributed by atoms with E-state index < -0.39 is 0 Å². The van der Waals surface area contributed by atoms with E-state index in [1.165, 1.54) is 168 Å². The Morgan fingerprint density at radius 2 is 0.427 bits per heavy atom. The Kier molecular flexibility index (Phi) is 65.7. The molecule has 13 aromatic rings. The minimum atomic E-state index is 0.953. The van der Waals surface area contributed by atoms with Crippen LogP contribution in [-0.2, 0) is 51.4 Å². The molecule has 12 aromatic carbocycles. The first kappa shape index (κ1) is 117. The Morgan fingerprint density at radius 3 is 0.855 bits per heavy atom. The van der Waals surface area contributed by atoms with Crippen molar-refractivity contribution in [3.63, 3.8) is 0 Å². The Hall–Kier alpha value is -10.9. The van der Waals surface area contributed by atoms with Gasteiger partial charge in [0, 0.05) is 102 Å². The van der Waals surface area contributed by atoms with E-state index in [4.69, 9.17) is 0 Å². The van der Waals surface area contributed by atoms with Crippen LogP contribution in [-0.4, -0.2) is 4.57 Å². The fraction of sp³-hybridized carbons (Fsp3) is 0.400. The quantitative estimate of drug-likeness (QED) is 0.150. The molecule has 0 unspecified atom stereocenters. The average molecular weight is 1670 g/mol. The Balaban J connectivity index is -0.00000139. The molecule has 0 spiro atoms. The number of benzene rings is 8. The zero-order chi connectivity index (χ0) is 95.0. The molecule has 0 saturated carbocycles. The summed E-state index contributed by atoms with van der Waals surface area (Å²) in [5.41, 5.74) is 38.1. The number of hydrogen-bond donors (Lipinski definition) is 0. The molecule has 0 aliphatic carbocycles. The third kappa shape index (κ3) is 27.1. The highest BCUT2D eigenvalue weighted by Gasteiger charge is 2.38. The van der Waals surface area contributed by atoms with Crippen LogP contribution in [0.5, 0.6) is 0 Å². The van der Waals surface area contributed by atoms with E-state index in [2.05, 4.69) is 274 Å². The zero-order valence-corrected chi connectivity index (χ0v) is 86.1. The van der Waals surface area contributed by atoms with Gasteiger partial charge in [-0.05, 0) is 126 Å². The highest BCUT2D eigenvalue weighted by Crippen LogP contribution is 2.56. The molecule has 0 amide bonds. The number of nitrogens with zero attached hydrogens (tertiary/aromatic N) is 4. The van der Waals surface area contributed by atoms with Gasteiger partial charge < -0.3 is 19.3 Å². The first-order chi connectivity index (χ1) is 61.7. The fourth-order valence-electron chi connectivity index (χ4n) is 15.1. The molecule has 1 aromatic heterocycles. The smallest absolute Gasteiger partial charge is 0.0622 e. The van der Waals surface area contributed by atoms with Gasteiger partial charge in [0.2, 0.25) is 0 Å². The first-order valence-corrected chi connectivity index (χ1v) is 49.3. The van der Waals surface area contributed by atoms with Crippen molar-refractivity contribution in [2.75, 3.05) is 14.7 Å². The van der Waals surface area contributed by atoms with E-state index in [-0.39, 0.29) is 0 Å². The lowest BCUT2D eigenvalue weighted by atomic mass is 9.81. The van der Waals surface area contributed by atoms with Gasteiger partial charge in [-0.2, -0.15) is 0 Å². The summed E-state index contributed by atoms with van der Waals surface area (Å²) in [7, 11) is 0. The number of para-hydroxylation sites is 8. The number of rotatable bonds is 0. The molecule has 0 N–H and O–H groups in total. The van der Waals surface area contributed by atoms with E-state index in [9.17, 15) is 0 Å². The second-order valence-corrected chi connectivity index (χ2v) is 23.3. The zero-order valence-electron chi connectivity index (χ0n) is 86.1. The molecule has 4 nitrogen and oxygen atoms in total. The van der Waals surface area contributed by atoms with Crippen LogP contribution < -0.4 is 14.7 Å². The molecule has 0 saturated heterocycles. The van der Waals surface area contributed by atoms with Crippen LogP contribution in [0.25, 0.3) is 27.5 Å². The lowest BCUT2D eigenvalue weighted by molar-refractivity contribution is 0.958. The molecule has 124 heavy (non-hydrogen) atoms. The third-order valence-corrected chi connectivity index (χ3v) is 18.6. The van der Waals surface area contributed by atoms with Gasteiger partial charge in [-0.3, -0.25) is 0 Å². The third-order valence-electron chi connectivity index (χ3n) is 18.6. The molecule has 9 heterocycles. The molecule has 0 radical (unpaired) electrons. The second-order valence-electron chi connectivity index (χ2n) is 23.3. The van der Waals surface area contributed by atoms with Gasteiger partial charge in [0.05, 0.1) is 50.8 Å². The number of hydrogen-bond acceptors (Lipinski definition) is 3. The van der Waals surface area contributed by atoms with Crippen LogP contribution in [0.4, 0.5) is 51.2 Å². The lowest BCUT2D eigenvalue weighted by Crippen LogP contribution is -2.29. The van der Waals surface area contributed by atoms with Crippen molar-refractivity contribution >= 4 is 73.0 Å². The molecule has 0 atom stereocenters. The topological polar surface area (TPSA) is 14.7 Å². The van der Waals surface area contributed by atoms with Gasteiger partial charge in [-0.1, -0.05) is 471 Å². The van der Waals surface area contributed by atoms with Crippen LogP contribution in [0, 0.1) is 48.5 Å². The van der Waals surface area contributed by atoms with Gasteiger partial charge in [0.1, 0.15) is 0 Å². The Bertz CT molecular complexity index is 4430. The molecule has 8 aliphatic heterocycles. The molecule has 21 rings (SSSR count). The Morgan fingerprint density at radius 1 is 0.177 bits per heavy atom.